The predicted octanol–water partition coefficient (Wildman–Crippen LogP) is 2.03. The molecule has 30 heavy (non-hydrogen) atoms. The predicted molar refractivity (Wildman–Crippen MR) is 114 cm³/mol. The Morgan fingerprint density at radius 1 is 1.30 bits per heavy atom. The molecule has 0 saturated heterocycles. The monoisotopic (exact) mass is 407 g/mol. The number of pyridine rings is 1. The molecule has 0 bridgehead atoms. The molecule has 0 aliphatic heterocycles. The van der Waals surface area contributed by atoms with Crippen LogP contribution in [0.1, 0.15) is 52.9 Å². The summed E-state index contributed by atoms with van der Waals surface area (Å²) < 4.78 is 2.03. The van der Waals surface area contributed by atoms with Gasteiger partial charge in [0.1, 0.15) is 5.82 Å². The number of carbonyl (C=O) groups is 1. The molecule has 8 heteroatoms. The summed E-state index contributed by atoms with van der Waals surface area (Å²) in [4.78, 5) is 24.1. The van der Waals surface area contributed by atoms with E-state index in [2.05, 4.69) is 49.7 Å². The zero-order valence-corrected chi connectivity index (χ0v) is 17.4. The van der Waals surface area contributed by atoms with Crippen molar-refractivity contribution in [1.29, 1.82) is 0 Å². The number of nitrogens with zero attached hydrogens (tertiary/aromatic N) is 4. The highest BCUT2D eigenvalue weighted by Crippen LogP contribution is 2.25. The van der Waals surface area contributed by atoms with Gasteiger partial charge >= 0.3 is 0 Å². The van der Waals surface area contributed by atoms with Gasteiger partial charge < -0.3 is 15.6 Å². The second-order valence-corrected chi connectivity index (χ2v) is 7.71. The third kappa shape index (κ3) is 4.76. The molecule has 1 unspecified atom stereocenters. The lowest BCUT2D eigenvalue weighted by molar-refractivity contribution is 0.0943. The first kappa shape index (κ1) is 20.3. The third-order valence-electron chi connectivity index (χ3n) is 5.56. The van der Waals surface area contributed by atoms with Crippen molar-refractivity contribution in [2.75, 3.05) is 6.54 Å². The molecule has 8 nitrogen and oxygen atoms in total. The van der Waals surface area contributed by atoms with Gasteiger partial charge in [-0.2, -0.15) is 5.10 Å². The number of carbonyl (C=O) groups excluding carboxylic acids is 1. The smallest absolute Gasteiger partial charge is 0.272 e. The summed E-state index contributed by atoms with van der Waals surface area (Å²) in [5, 5.41) is 11.3. The Morgan fingerprint density at radius 2 is 2.17 bits per heavy atom. The third-order valence-corrected chi connectivity index (χ3v) is 5.56. The van der Waals surface area contributed by atoms with Crippen LogP contribution in [-0.4, -0.2) is 43.2 Å². The lowest BCUT2D eigenvalue weighted by Gasteiger charge is -2.24. The van der Waals surface area contributed by atoms with Crippen molar-refractivity contribution >= 4 is 5.91 Å². The molecule has 158 valence electrons. The van der Waals surface area contributed by atoms with Gasteiger partial charge in [0.25, 0.3) is 5.91 Å². The zero-order valence-electron chi connectivity index (χ0n) is 17.4. The number of hydrogen-bond donors (Lipinski definition) is 3. The van der Waals surface area contributed by atoms with Crippen molar-refractivity contribution in [2.24, 2.45) is 0 Å². The van der Waals surface area contributed by atoms with E-state index >= 15 is 0 Å². The van der Waals surface area contributed by atoms with E-state index in [1.54, 1.807) is 12.4 Å². The zero-order chi connectivity index (χ0) is 20.8. The van der Waals surface area contributed by atoms with Crippen LogP contribution in [0.15, 0.2) is 36.9 Å². The van der Waals surface area contributed by atoms with Gasteiger partial charge in [0.2, 0.25) is 0 Å². The largest absolute Gasteiger partial charge is 0.347 e. The van der Waals surface area contributed by atoms with Crippen molar-refractivity contribution in [3.8, 4) is 0 Å². The van der Waals surface area contributed by atoms with Gasteiger partial charge in [-0.15, -0.1) is 0 Å². The van der Waals surface area contributed by atoms with E-state index in [4.69, 9.17) is 0 Å². The maximum absolute atomic E-state index is 12.9. The number of aromatic amines is 1. The Balaban J connectivity index is 1.42. The number of aromatic nitrogens is 5. The van der Waals surface area contributed by atoms with Crippen LogP contribution in [-0.2, 0) is 32.4 Å². The number of imidazole rings is 1. The second-order valence-electron chi connectivity index (χ2n) is 7.71. The Bertz CT molecular complexity index is 950. The quantitative estimate of drug-likeness (QED) is 0.504. The van der Waals surface area contributed by atoms with E-state index in [1.807, 2.05) is 17.1 Å². The van der Waals surface area contributed by atoms with Gasteiger partial charge in [-0.05, 0) is 56.3 Å². The van der Waals surface area contributed by atoms with Crippen LogP contribution in [0.4, 0.5) is 0 Å². The molecule has 3 aromatic rings. The fourth-order valence-electron chi connectivity index (χ4n) is 4.05. The van der Waals surface area contributed by atoms with Crippen molar-refractivity contribution in [2.45, 2.75) is 58.2 Å². The minimum absolute atomic E-state index is 0.130. The number of rotatable bonds is 9. The molecular weight excluding hydrogens is 378 g/mol. The van der Waals surface area contributed by atoms with Crippen LogP contribution >= 0.6 is 0 Å². The number of hydrogen-bond acceptors (Lipinski definition) is 5. The van der Waals surface area contributed by atoms with Gasteiger partial charge in [-0.3, -0.25) is 14.5 Å². The average Bonchev–Trinajstić information content (AvgIpc) is 3.41. The van der Waals surface area contributed by atoms with Gasteiger partial charge in [0.05, 0.1) is 6.54 Å². The molecule has 1 amide bonds. The van der Waals surface area contributed by atoms with Crippen LogP contribution in [0.5, 0.6) is 0 Å². The van der Waals surface area contributed by atoms with Crippen LogP contribution < -0.4 is 10.6 Å². The molecule has 3 N–H and O–H groups in total. The molecule has 0 aromatic carbocycles. The van der Waals surface area contributed by atoms with E-state index in [0.717, 1.165) is 56.6 Å². The highest BCUT2D eigenvalue weighted by molar-refractivity contribution is 5.94. The molecule has 0 spiro atoms. The number of amides is 1. The highest BCUT2D eigenvalue weighted by Gasteiger charge is 2.28. The molecule has 0 saturated carbocycles. The van der Waals surface area contributed by atoms with Crippen molar-refractivity contribution in [3.05, 3.63) is 65.3 Å². The van der Waals surface area contributed by atoms with Crippen molar-refractivity contribution in [3.63, 3.8) is 0 Å². The number of nitrogens with one attached hydrogen (secondary N) is 3. The summed E-state index contributed by atoms with van der Waals surface area (Å²) >= 11 is 0. The summed E-state index contributed by atoms with van der Waals surface area (Å²) in [5.74, 6) is 0.607. The summed E-state index contributed by atoms with van der Waals surface area (Å²) in [6.45, 7) is 4.26. The summed E-state index contributed by atoms with van der Waals surface area (Å²) in [6.07, 6.45) is 11.9. The Labute approximate surface area is 176 Å². The Kier molecular flexibility index (Phi) is 6.53. The fraction of sp³-hybridized carbons (Fsp3) is 0.455. The SMILES string of the molecule is CCCn1nc(C(=O)NCc2ncc[nH]2)c2c1CCC(NCCc1ccncc1)C2. The normalized spacial score (nSPS) is 15.7. The fourth-order valence-corrected chi connectivity index (χ4v) is 4.05. The van der Waals surface area contributed by atoms with E-state index in [9.17, 15) is 4.79 Å². The summed E-state index contributed by atoms with van der Waals surface area (Å²) in [6, 6.07) is 4.46. The molecule has 3 aromatic heterocycles. The lowest BCUT2D eigenvalue weighted by Crippen LogP contribution is -2.36. The molecule has 0 radical (unpaired) electrons. The molecule has 1 atom stereocenters. The maximum Gasteiger partial charge on any atom is 0.272 e. The van der Waals surface area contributed by atoms with Crippen LogP contribution in [0.25, 0.3) is 0 Å². The summed E-state index contributed by atoms with van der Waals surface area (Å²) in [7, 11) is 0. The number of H-pyrrole nitrogens is 1. The van der Waals surface area contributed by atoms with Gasteiger partial charge in [0.15, 0.2) is 5.69 Å². The molecule has 4 rings (SSSR count). The average molecular weight is 408 g/mol. The first-order chi connectivity index (χ1) is 14.7. The van der Waals surface area contributed by atoms with Crippen molar-refractivity contribution in [1.82, 2.24) is 35.4 Å². The van der Waals surface area contributed by atoms with E-state index < -0.39 is 0 Å². The van der Waals surface area contributed by atoms with Gasteiger partial charge in [0, 0.05) is 48.6 Å². The first-order valence-corrected chi connectivity index (χ1v) is 10.7. The van der Waals surface area contributed by atoms with Crippen molar-refractivity contribution < 1.29 is 4.79 Å². The number of aryl methyl sites for hydroxylation is 1. The van der Waals surface area contributed by atoms with Crippen LogP contribution in [0, 0.1) is 0 Å². The van der Waals surface area contributed by atoms with E-state index in [1.165, 1.54) is 11.3 Å². The Hall–Kier alpha value is -3.00. The minimum atomic E-state index is -0.130. The lowest BCUT2D eigenvalue weighted by atomic mass is 9.91. The highest BCUT2D eigenvalue weighted by atomic mass is 16.2. The maximum atomic E-state index is 12.9. The van der Waals surface area contributed by atoms with Crippen LogP contribution in [0.3, 0.4) is 0 Å². The van der Waals surface area contributed by atoms with E-state index in [-0.39, 0.29) is 5.91 Å². The van der Waals surface area contributed by atoms with Gasteiger partial charge in [-0.25, -0.2) is 4.98 Å². The molecule has 1 aliphatic rings. The molecule has 1 aliphatic carbocycles. The minimum Gasteiger partial charge on any atom is -0.347 e. The van der Waals surface area contributed by atoms with E-state index in [0.29, 0.717) is 18.3 Å². The molecule has 0 fully saturated rings. The number of fused-ring (bicyclic) bond motifs is 1. The Morgan fingerprint density at radius 3 is 2.93 bits per heavy atom. The summed E-state index contributed by atoms with van der Waals surface area (Å²) in [5.41, 5.74) is 4.15. The molecule has 3 heterocycles. The standard InChI is InChI=1S/C22H29N7O/c1-2-13-29-19-4-3-17(24-10-7-16-5-8-23-9-6-16)14-18(19)21(28-29)22(30)27-15-20-25-11-12-26-20/h5-6,8-9,11-12,17,24H,2-4,7,10,13-15H2,1H3,(H,25,26)(H,27,30). The second kappa shape index (κ2) is 9.67. The molecular formula is C22H29N7O. The first-order valence-electron chi connectivity index (χ1n) is 10.7. The van der Waals surface area contributed by atoms with Gasteiger partial charge in [-0.1, -0.05) is 6.92 Å². The topological polar surface area (TPSA) is 101 Å². The van der Waals surface area contributed by atoms with Crippen LogP contribution in [0.2, 0.25) is 0 Å².